The second-order valence-corrected chi connectivity index (χ2v) is 6.80. The van der Waals surface area contributed by atoms with Gasteiger partial charge in [0.05, 0.1) is 0 Å². The standard InChI is InChI=1S/C16H28N4O2/c1-16(2,3)22-14(21)11-18-15(17-4)20-10-7-13(12-20)19-8-5-6-9-19/h5-6,13H,7-12H2,1-4H3,(H,17,18). The highest BCUT2D eigenvalue weighted by Crippen LogP contribution is 2.17. The predicted molar refractivity (Wildman–Crippen MR) is 87.9 cm³/mol. The summed E-state index contributed by atoms with van der Waals surface area (Å²) in [6, 6.07) is 0.565. The predicted octanol–water partition coefficient (Wildman–Crippen LogP) is 0.850. The molecule has 2 rings (SSSR count). The van der Waals surface area contributed by atoms with Gasteiger partial charge in [0.25, 0.3) is 0 Å². The Morgan fingerprint density at radius 3 is 2.64 bits per heavy atom. The van der Waals surface area contributed by atoms with E-state index in [2.05, 4.69) is 32.3 Å². The molecular formula is C16H28N4O2. The molecule has 2 aliphatic rings. The summed E-state index contributed by atoms with van der Waals surface area (Å²) in [6.45, 7) is 9.77. The van der Waals surface area contributed by atoms with Gasteiger partial charge >= 0.3 is 5.97 Å². The maximum absolute atomic E-state index is 11.8. The van der Waals surface area contributed by atoms with Crippen molar-refractivity contribution in [3.63, 3.8) is 0 Å². The molecule has 0 amide bonds. The van der Waals surface area contributed by atoms with Gasteiger partial charge in [0.1, 0.15) is 12.1 Å². The lowest BCUT2D eigenvalue weighted by Gasteiger charge is -2.25. The number of ether oxygens (including phenoxy) is 1. The van der Waals surface area contributed by atoms with Crippen LogP contribution >= 0.6 is 0 Å². The number of nitrogens with one attached hydrogen (secondary N) is 1. The number of guanidine groups is 1. The number of nitrogens with zero attached hydrogens (tertiary/aromatic N) is 3. The Morgan fingerprint density at radius 1 is 1.36 bits per heavy atom. The number of esters is 1. The third-order valence-electron chi connectivity index (χ3n) is 3.85. The minimum atomic E-state index is -0.455. The summed E-state index contributed by atoms with van der Waals surface area (Å²) in [7, 11) is 1.75. The number of likely N-dealkylation sites (tertiary alicyclic amines) is 1. The summed E-state index contributed by atoms with van der Waals surface area (Å²) >= 11 is 0. The van der Waals surface area contributed by atoms with Crippen LogP contribution in [-0.2, 0) is 9.53 Å². The fourth-order valence-electron chi connectivity index (χ4n) is 2.89. The Kier molecular flexibility index (Phi) is 5.45. The van der Waals surface area contributed by atoms with Crippen LogP contribution in [0.15, 0.2) is 17.1 Å². The normalized spacial score (nSPS) is 23.2. The number of aliphatic imine (C=N–C) groups is 1. The highest BCUT2D eigenvalue weighted by molar-refractivity contribution is 5.84. The van der Waals surface area contributed by atoms with Crippen LogP contribution < -0.4 is 5.32 Å². The van der Waals surface area contributed by atoms with Gasteiger partial charge in [-0.3, -0.25) is 14.7 Å². The summed E-state index contributed by atoms with van der Waals surface area (Å²) in [5, 5.41) is 3.11. The molecule has 2 aliphatic heterocycles. The van der Waals surface area contributed by atoms with Crippen molar-refractivity contribution >= 4 is 11.9 Å². The van der Waals surface area contributed by atoms with Gasteiger partial charge in [0.2, 0.25) is 0 Å². The summed E-state index contributed by atoms with van der Waals surface area (Å²) in [5.74, 6) is 0.522. The Labute approximate surface area is 133 Å². The molecule has 0 aromatic carbocycles. The lowest BCUT2D eigenvalue weighted by atomic mass is 10.2. The van der Waals surface area contributed by atoms with Crippen molar-refractivity contribution in [1.82, 2.24) is 15.1 Å². The van der Waals surface area contributed by atoms with E-state index in [9.17, 15) is 4.79 Å². The summed E-state index contributed by atoms with van der Waals surface area (Å²) in [5.41, 5.74) is -0.455. The minimum absolute atomic E-state index is 0.149. The fraction of sp³-hybridized carbons (Fsp3) is 0.750. The Hall–Kier alpha value is -1.56. The maximum Gasteiger partial charge on any atom is 0.325 e. The number of carbonyl (C=O) groups excluding carboxylic acids is 1. The molecule has 2 heterocycles. The van der Waals surface area contributed by atoms with Gasteiger partial charge in [-0.1, -0.05) is 12.2 Å². The maximum atomic E-state index is 11.8. The molecule has 6 nitrogen and oxygen atoms in total. The monoisotopic (exact) mass is 308 g/mol. The van der Waals surface area contributed by atoms with Crippen molar-refractivity contribution in [3.05, 3.63) is 12.2 Å². The van der Waals surface area contributed by atoms with Crippen molar-refractivity contribution in [2.24, 2.45) is 4.99 Å². The summed E-state index contributed by atoms with van der Waals surface area (Å²) in [4.78, 5) is 20.8. The van der Waals surface area contributed by atoms with Crippen LogP contribution in [0.1, 0.15) is 27.2 Å². The first-order chi connectivity index (χ1) is 10.4. The van der Waals surface area contributed by atoms with E-state index in [4.69, 9.17) is 4.74 Å². The molecule has 1 N–H and O–H groups in total. The number of hydrogen-bond donors (Lipinski definition) is 1. The largest absolute Gasteiger partial charge is 0.459 e. The zero-order valence-corrected chi connectivity index (χ0v) is 14.1. The molecule has 124 valence electrons. The number of carbonyl (C=O) groups is 1. The second-order valence-electron chi connectivity index (χ2n) is 6.80. The van der Waals surface area contributed by atoms with Gasteiger partial charge in [-0.25, -0.2) is 0 Å². The number of rotatable bonds is 3. The Bertz CT molecular complexity index is 446. The van der Waals surface area contributed by atoms with E-state index in [1.165, 1.54) is 0 Å². The average molecular weight is 308 g/mol. The molecule has 1 saturated heterocycles. The zero-order valence-electron chi connectivity index (χ0n) is 14.1. The van der Waals surface area contributed by atoms with Gasteiger partial charge in [-0.15, -0.1) is 0 Å². The van der Waals surface area contributed by atoms with Crippen molar-refractivity contribution in [3.8, 4) is 0 Å². The molecule has 6 heteroatoms. The van der Waals surface area contributed by atoms with Gasteiger partial charge in [0.15, 0.2) is 5.96 Å². The SMILES string of the molecule is CN=C(NCC(=O)OC(C)(C)C)N1CCC(N2CC=CC2)C1. The van der Waals surface area contributed by atoms with Crippen LogP contribution in [-0.4, -0.2) is 73.1 Å². The first kappa shape index (κ1) is 16.8. The second kappa shape index (κ2) is 7.13. The van der Waals surface area contributed by atoms with Gasteiger partial charge < -0.3 is 15.0 Å². The smallest absolute Gasteiger partial charge is 0.325 e. The molecule has 0 aromatic heterocycles. The molecular weight excluding hydrogens is 280 g/mol. The molecule has 1 fully saturated rings. The summed E-state index contributed by atoms with van der Waals surface area (Å²) in [6.07, 6.45) is 5.57. The van der Waals surface area contributed by atoms with Crippen molar-refractivity contribution in [1.29, 1.82) is 0 Å². The highest BCUT2D eigenvalue weighted by atomic mass is 16.6. The molecule has 0 bridgehead atoms. The topological polar surface area (TPSA) is 57.2 Å². The zero-order chi connectivity index (χ0) is 16.2. The fourth-order valence-corrected chi connectivity index (χ4v) is 2.89. The molecule has 22 heavy (non-hydrogen) atoms. The quantitative estimate of drug-likeness (QED) is 0.362. The van der Waals surface area contributed by atoms with Crippen molar-refractivity contribution < 1.29 is 9.53 Å². The molecule has 1 atom stereocenters. The van der Waals surface area contributed by atoms with E-state index in [1.54, 1.807) is 7.05 Å². The Morgan fingerprint density at radius 2 is 2.05 bits per heavy atom. The molecule has 1 unspecified atom stereocenters. The molecule has 0 spiro atoms. The van der Waals surface area contributed by atoms with E-state index in [-0.39, 0.29) is 12.5 Å². The van der Waals surface area contributed by atoms with E-state index in [0.717, 1.165) is 38.6 Å². The van der Waals surface area contributed by atoms with Crippen LogP contribution in [0.25, 0.3) is 0 Å². The Balaban J connectivity index is 1.79. The van der Waals surface area contributed by atoms with E-state index in [0.29, 0.717) is 6.04 Å². The van der Waals surface area contributed by atoms with E-state index < -0.39 is 5.60 Å². The first-order valence-corrected chi connectivity index (χ1v) is 7.95. The van der Waals surface area contributed by atoms with Crippen LogP contribution in [0.3, 0.4) is 0 Å². The highest BCUT2D eigenvalue weighted by Gasteiger charge is 2.29. The van der Waals surface area contributed by atoms with E-state index in [1.807, 2.05) is 20.8 Å². The third kappa shape index (κ3) is 4.73. The van der Waals surface area contributed by atoms with Crippen LogP contribution in [0.5, 0.6) is 0 Å². The lowest BCUT2D eigenvalue weighted by Crippen LogP contribution is -2.45. The summed E-state index contributed by atoms with van der Waals surface area (Å²) < 4.78 is 5.31. The van der Waals surface area contributed by atoms with Gasteiger partial charge in [-0.2, -0.15) is 0 Å². The third-order valence-corrected chi connectivity index (χ3v) is 3.85. The van der Waals surface area contributed by atoms with Crippen LogP contribution in [0.2, 0.25) is 0 Å². The van der Waals surface area contributed by atoms with Crippen molar-refractivity contribution in [2.45, 2.75) is 38.8 Å². The van der Waals surface area contributed by atoms with Crippen LogP contribution in [0, 0.1) is 0 Å². The van der Waals surface area contributed by atoms with E-state index >= 15 is 0 Å². The molecule has 0 aliphatic carbocycles. The molecule has 0 radical (unpaired) electrons. The first-order valence-electron chi connectivity index (χ1n) is 7.95. The van der Waals surface area contributed by atoms with Crippen molar-refractivity contribution in [2.75, 3.05) is 39.8 Å². The van der Waals surface area contributed by atoms with Crippen LogP contribution in [0.4, 0.5) is 0 Å². The molecule has 0 saturated carbocycles. The van der Waals surface area contributed by atoms with Gasteiger partial charge in [0, 0.05) is 39.3 Å². The lowest BCUT2D eigenvalue weighted by molar-refractivity contribution is -0.153. The molecule has 0 aromatic rings. The number of hydrogen-bond acceptors (Lipinski definition) is 4. The average Bonchev–Trinajstić information content (AvgIpc) is 3.08. The van der Waals surface area contributed by atoms with Gasteiger partial charge in [-0.05, 0) is 27.2 Å². The minimum Gasteiger partial charge on any atom is -0.459 e.